The van der Waals surface area contributed by atoms with E-state index in [9.17, 15) is 9.59 Å². The van der Waals surface area contributed by atoms with Crippen LogP contribution in [-0.2, 0) is 9.59 Å². The molecule has 0 rings (SSSR count). The minimum atomic E-state index is -0.981. The third-order valence-corrected chi connectivity index (χ3v) is 1.31. The molecule has 4 nitrogen and oxygen atoms in total. The molecule has 16 heavy (non-hydrogen) atoms. The summed E-state index contributed by atoms with van der Waals surface area (Å²) in [7, 11) is 0. The highest BCUT2D eigenvalue weighted by molar-refractivity contribution is 5.85. The topological polar surface area (TPSA) is 74.6 Å². The molecule has 0 aliphatic rings. The largest absolute Gasteiger partial charge is 0.478 e. The van der Waals surface area contributed by atoms with E-state index < -0.39 is 11.9 Å². The minimum Gasteiger partial charge on any atom is -0.478 e. The van der Waals surface area contributed by atoms with Crippen molar-refractivity contribution in [3.8, 4) is 0 Å². The van der Waals surface area contributed by atoms with E-state index in [0.717, 1.165) is 18.9 Å². The van der Waals surface area contributed by atoms with Crippen LogP contribution in [0.1, 0.15) is 26.2 Å². The van der Waals surface area contributed by atoms with Crippen molar-refractivity contribution in [2.75, 3.05) is 0 Å². The molecule has 0 spiro atoms. The van der Waals surface area contributed by atoms with E-state index in [4.69, 9.17) is 10.2 Å². The molecule has 0 amide bonds. The average Bonchev–Trinajstić information content (AvgIpc) is 2.29. The number of rotatable bonds is 5. The molecule has 2 N–H and O–H groups in total. The number of unbranched alkanes of at least 4 members (excludes halogenated alkanes) is 1. The van der Waals surface area contributed by atoms with Gasteiger partial charge < -0.3 is 10.2 Å². The first-order valence-electron chi connectivity index (χ1n) is 4.72. The normalized spacial score (nSPS) is 7.31. The molecule has 0 saturated heterocycles. The van der Waals surface area contributed by atoms with Crippen LogP contribution in [0.2, 0.25) is 0 Å². The summed E-state index contributed by atoms with van der Waals surface area (Å²) in [4.78, 5) is 19.4. The Morgan fingerprint density at radius 1 is 1.25 bits per heavy atom. The molecule has 0 aliphatic carbocycles. The van der Waals surface area contributed by atoms with Crippen molar-refractivity contribution < 1.29 is 19.8 Å². The number of carboxylic acid groups (broad SMARTS) is 2. The van der Waals surface area contributed by atoms with Crippen LogP contribution in [0, 0.1) is 0 Å². The maximum absolute atomic E-state index is 10.1. The molecule has 0 saturated carbocycles. The van der Waals surface area contributed by atoms with Crippen molar-refractivity contribution >= 4 is 11.9 Å². The van der Waals surface area contributed by atoms with Crippen LogP contribution >= 0.6 is 0 Å². The van der Waals surface area contributed by atoms with Gasteiger partial charge >= 0.3 is 11.9 Å². The monoisotopic (exact) mass is 228 g/mol. The highest BCUT2D eigenvalue weighted by atomic mass is 16.4. The van der Waals surface area contributed by atoms with Gasteiger partial charge in [0.15, 0.2) is 0 Å². The van der Waals surface area contributed by atoms with Crippen molar-refractivity contribution in [2.45, 2.75) is 26.2 Å². The van der Waals surface area contributed by atoms with Gasteiger partial charge in [0.05, 0.1) is 0 Å². The van der Waals surface area contributed by atoms with Crippen LogP contribution < -0.4 is 0 Å². The molecule has 92 valence electrons. The van der Waals surface area contributed by atoms with Crippen LogP contribution in [0.25, 0.3) is 0 Å². The molecular formula is C12H20O4. The molecule has 0 aromatic carbocycles. The predicted molar refractivity (Wildman–Crippen MR) is 65.4 cm³/mol. The van der Waals surface area contributed by atoms with E-state index in [0.29, 0.717) is 12.0 Å². The molecule has 0 bridgehead atoms. The van der Waals surface area contributed by atoms with E-state index in [-0.39, 0.29) is 0 Å². The summed E-state index contributed by atoms with van der Waals surface area (Å²) in [5.41, 5.74) is 0.317. The van der Waals surface area contributed by atoms with Gasteiger partial charge in [-0.15, -0.1) is 13.2 Å². The lowest BCUT2D eigenvalue weighted by atomic mass is 10.1. The average molecular weight is 228 g/mol. The minimum absolute atomic E-state index is 0.317. The first-order chi connectivity index (χ1) is 7.45. The number of aliphatic carboxylic acids is 2. The Morgan fingerprint density at radius 3 is 1.81 bits per heavy atom. The fourth-order valence-electron chi connectivity index (χ4n) is 0.497. The number of carboxylic acids is 2. The predicted octanol–water partition coefficient (Wildman–Crippen LogP) is 2.88. The molecule has 0 aliphatic heterocycles. The second-order valence-electron chi connectivity index (χ2n) is 2.55. The summed E-state index contributed by atoms with van der Waals surface area (Å²) in [5, 5.41) is 15.9. The molecule has 4 heteroatoms. The molecule has 0 heterocycles. The third kappa shape index (κ3) is 22.7. The molecule has 0 unspecified atom stereocenters. The van der Waals surface area contributed by atoms with Crippen LogP contribution in [0.3, 0.4) is 0 Å². The van der Waals surface area contributed by atoms with Crippen LogP contribution in [0.5, 0.6) is 0 Å². The lowest BCUT2D eigenvalue weighted by molar-refractivity contribution is -0.133. The van der Waals surface area contributed by atoms with Crippen molar-refractivity contribution in [3.05, 3.63) is 38.0 Å². The Labute approximate surface area is 96.6 Å². The molecule has 0 aromatic rings. The second-order valence-corrected chi connectivity index (χ2v) is 2.55. The zero-order valence-electron chi connectivity index (χ0n) is 9.74. The second kappa shape index (κ2) is 15.6. The van der Waals surface area contributed by atoms with Gasteiger partial charge in [-0.1, -0.05) is 26.5 Å². The number of hydrogen-bond acceptors (Lipinski definition) is 2. The van der Waals surface area contributed by atoms with Crippen molar-refractivity contribution in [3.63, 3.8) is 0 Å². The van der Waals surface area contributed by atoms with Crippen LogP contribution in [-0.4, -0.2) is 22.2 Å². The lowest BCUT2D eigenvalue weighted by Crippen LogP contribution is -1.97. The first kappa shape index (κ1) is 19.7. The molecule has 0 fully saturated rings. The zero-order valence-corrected chi connectivity index (χ0v) is 9.74. The summed E-state index contributed by atoms with van der Waals surface area (Å²) in [6, 6.07) is 0. The summed E-state index contributed by atoms with van der Waals surface area (Å²) in [5.74, 6) is -1.85. The lowest BCUT2D eigenvalue weighted by Gasteiger charge is -1.95. The van der Waals surface area contributed by atoms with E-state index >= 15 is 0 Å². The molecule has 0 aromatic heterocycles. The summed E-state index contributed by atoms with van der Waals surface area (Å²) >= 11 is 0. The molecule has 0 radical (unpaired) electrons. The van der Waals surface area contributed by atoms with E-state index in [2.05, 4.69) is 26.3 Å². The van der Waals surface area contributed by atoms with Crippen molar-refractivity contribution in [1.29, 1.82) is 0 Å². The van der Waals surface area contributed by atoms with Crippen molar-refractivity contribution in [1.82, 2.24) is 0 Å². The Hall–Kier alpha value is -1.84. The standard InChI is InChI=1S/C7H12O2.C3H4O2.C2H4/c1-3-4-5-6(2)7(8)9;1-2-3(4)5;1-2/h2-5H2,1H3,(H,8,9);2H,1H2,(H,4,5);1-2H2. The fourth-order valence-corrected chi connectivity index (χ4v) is 0.497. The van der Waals surface area contributed by atoms with Crippen LogP contribution in [0.15, 0.2) is 38.0 Å². The Bertz CT molecular complexity index is 231. The van der Waals surface area contributed by atoms with Gasteiger partial charge in [-0.05, 0) is 12.8 Å². The van der Waals surface area contributed by atoms with Gasteiger partial charge in [0, 0.05) is 11.6 Å². The molecular weight excluding hydrogens is 208 g/mol. The number of carbonyl (C=O) groups is 2. The van der Waals surface area contributed by atoms with Gasteiger partial charge in [-0.25, -0.2) is 9.59 Å². The third-order valence-electron chi connectivity index (χ3n) is 1.31. The van der Waals surface area contributed by atoms with Crippen molar-refractivity contribution in [2.24, 2.45) is 0 Å². The van der Waals surface area contributed by atoms with Gasteiger partial charge in [0.25, 0.3) is 0 Å². The molecule has 0 atom stereocenters. The number of hydrogen-bond donors (Lipinski definition) is 2. The summed E-state index contributed by atoms with van der Waals surface area (Å²) in [6.07, 6.45) is 3.39. The summed E-state index contributed by atoms with van der Waals surface area (Å²) in [6.45, 7) is 14.4. The van der Waals surface area contributed by atoms with Gasteiger partial charge in [-0.3, -0.25) is 0 Å². The summed E-state index contributed by atoms with van der Waals surface area (Å²) < 4.78 is 0. The van der Waals surface area contributed by atoms with E-state index in [1.54, 1.807) is 0 Å². The quantitative estimate of drug-likeness (QED) is 0.560. The SMILES string of the molecule is C=C.C=C(CCCC)C(=O)O.C=CC(=O)O. The fraction of sp³-hybridized carbons (Fsp3) is 0.333. The van der Waals surface area contributed by atoms with Crippen LogP contribution in [0.4, 0.5) is 0 Å². The smallest absolute Gasteiger partial charge is 0.330 e. The first-order valence-corrected chi connectivity index (χ1v) is 4.72. The highest BCUT2D eigenvalue weighted by Gasteiger charge is 2.00. The Morgan fingerprint density at radius 2 is 1.62 bits per heavy atom. The highest BCUT2D eigenvalue weighted by Crippen LogP contribution is 2.03. The maximum Gasteiger partial charge on any atom is 0.330 e. The van der Waals surface area contributed by atoms with Gasteiger partial charge in [-0.2, -0.15) is 0 Å². The maximum atomic E-state index is 10.1. The Balaban J connectivity index is -0.000000205. The zero-order chi connectivity index (χ0) is 13.6. The van der Waals surface area contributed by atoms with Gasteiger partial charge in [0.2, 0.25) is 0 Å². The Kier molecular flexibility index (Phi) is 19.2. The van der Waals surface area contributed by atoms with Gasteiger partial charge in [0.1, 0.15) is 0 Å². The van der Waals surface area contributed by atoms with E-state index in [1.807, 2.05) is 6.92 Å². The van der Waals surface area contributed by atoms with E-state index in [1.165, 1.54) is 0 Å².